The summed E-state index contributed by atoms with van der Waals surface area (Å²) in [5.74, 6) is 0. The summed E-state index contributed by atoms with van der Waals surface area (Å²) in [4.78, 5) is 4.48. The zero-order valence-corrected chi connectivity index (χ0v) is 11.3. The van der Waals surface area contributed by atoms with Crippen LogP contribution in [0.1, 0.15) is 12.8 Å². The number of halogens is 1. The van der Waals surface area contributed by atoms with Crippen molar-refractivity contribution in [3.8, 4) is 0 Å². The maximum absolute atomic E-state index is 5.92. The topological polar surface area (TPSA) is 34.1 Å². The fourth-order valence-electron chi connectivity index (χ4n) is 1.54. The number of hydrogen-bond acceptors (Lipinski definition) is 4. The van der Waals surface area contributed by atoms with E-state index in [1.807, 2.05) is 18.2 Å². The largest absolute Gasteiger partial charge is 0.385 e. The number of ether oxygens (including phenoxy) is 1. The van der Waals surface area contributed by atoms with Gasteiger partial charge in [-0.25, -0.2) is 4.98 Å². The molecule has 1 aromatic heterocycles. The summed E-state index contributed by atoms with van der Waals surface area (Å²) >= 11 is 7.58. The van der Waals surface area contributed by atoms with Crippen LogP contribution in [0.25, 0.3) is 10.2 Å². The van der Waals surface area contributed by atoms with Gasteiger partial charge in [0.1, 0.15) is 0 Å². The summed E-state index contributed by atoms with van der Waals surface area (Å²) in [5.41, 5.74) is 0.960. The quantitative estimate of drug-likeness (QED) is 0.811. The van der Waals surface area contributed by atoms with E-state index in [0.717, 1.165) is 46.4 Å². The summed E-state index contributed by atoms with van der Waals surface area (Å²) < 4.78 is 6.16. The van der Waals surface area contributed by atoms with Gasteiger partial charge in [-0.3, -0.25) is 0 Å². The number of benzene rings is 1. The van der Waals surface area contributed by atoms with Crippen molar-refractivity contribution >= 4 is 38.3 Å². The molecule has 1 aromatic carbocycles. The minimum atomic E-state index is 0.731. The van der Waals surface area contributed by atoms with Crippen molar-refractivity contribution in [2.45, 2.75) is 12.8 Å². The molecule has 0 aliphatic rings. The third-order valence-electron chi connectivity index (χ3n) is 2.40. The first-order valence-electron chi connectivity index (χ1n) is 5.58. The zero-order valence-electron chi connectivity index (χ0n) is 9.70. The second-order valence-corrected chi connectivity index (χ2v) is 5.22. The fourth-order valence-corrected chi connectivity index (χ4v) is 2.58. The van der Waals surface area contributed by atoms with E-state index in [4.69, 9.17) is 16.3 Å². The van der Waals surface area contributed by atoms with Gasteiger partial charge in [0.2, 0.25) is 0 Å². The lowest BCUT2D eigenvalue weighted by atomic mass is 10.3. The molecule has 92 valence electrons. The Bertz CT molecular complexity index is 486. The number of nitrogens with zero attached hydrogens (tertiary/aromatic N) is 1. The van der Waals surface area contributed by atoms with Gasteiger partial charge in [0, 0.05) is 25.3 Å². The van der Waals surface area contributed by atoms with E-state index in [1.165, 1.54) is 0 Å². The van der Waals surface area contributed by atoms with Gasteiger partial charge in [-0.15, -0.1) is 0 Å². The second kappa shape index (κ2) is 6.19. The number of fused-ring (bicyclic) bond motifs is 1. The molecule has 2 aromatic rings. The van der Waals surface area contributed by atoms with Crippen molar-refractivity contribution in [1.29, 1.82) is 0 Å². The molecule has 0 radical (unpaired) electrons. The van der Waals surface area contributed by atoms with E-state index >= 15 is 0 Å². The summed E-state index contributed by atoms with van der Waals surface area (Å²) in [5, 5.41) is 5.01. The Hall–Kier alpha value is -0.840. The molecule has 0 aliphatic carbocycles. The van der Waals surface area contributed by atoms with Crippen LogP contribution in [0, 0.1) is 0 Å². The van der Waals surface area contributed by atoms with Gasteiger partial charge in [0.15, 0.2) is 5.13 Å². The molecule has 0 atom stereocenters. The monoisotopic (exact) mass is 270 g/mol. The van der Waals surface area contributed by atoms with Gasteiger partial charge in [-0.2, -0.15) is 0 Å². The highest BCUT2D eigenvalue weighted by Crippen LogP contribution is 2.27. The Morgan fingerprint density at radius 3 is 3.12 bits per heavy atom. The SMILES string of the molecule is COCCCCNc1nc2cc(Cl)ccc2s1. The van der Waals surface area contributed by atoms with E-state index < -0.39 is 0 Å². The molecule has 1 N–H and O–H groups in total. The molecule has 0 saturated heterocycles. The van der Waals surface area contributed by atoms with Crippen molar-refractivity contribution in [3.63, 3.8) is 0 Å². The number of unbranched alkanes of at least 4 members (excludes halogenated alkanes) is 1. The fraction of sp³-hybridized carbons (Fsp3) is 0.417. The minimum absolute atomic E-state index is 0.731. The van der Waals surface area contributed by atoms with Crippen LogP contribution in [0.15, 0.2) is 18.2 Å². The van der Waals surface area contributed by atoms with Crippen molar-refractivity contribution in [3.05, 3.63) is 23.2 Å². The molecule has 3 nitrogen and oxygen atoms in total. The van der Waals surface area contributed by atoms with Crippen molar-refractivity contribution in [2.24, 2.45) is 0 Å². The van der Waals surface area contributed by atoms with Crippen molar-refractivity contribution in [1.82, 2.24) is 4.98 Å². The highest BCUT2D eigenvalue weighted by Gasteiger charge is 2.03. The Morgan fingerprint density at radius 1 is 1.41 bits per heavy atom. The van der Waals surface area contributed by atoms with Crippen LogP contribution in [-0.4, -0.2) is 25.2 Å². The summed E-state index contributed by atoms with van der Waals surface area (Å²) in [6, 6.07) is 5.79. The van der Waals surface area contributed by atoms with Gasteiger partial charge < -0.3 is 10.1 Å². The number of anilines is 1. The average Bonchev–Trinajstić information content (AvgIpc) is 2.70. The highest BCUT2D eigenvalue weighted by molar-refractivity contribution is 7.22. The maximum Gasteiger partial charge on any atom is 0.183 e. The molecule has 0 unspecified atom stereocenters. The van der Waals surface area contributed by atoms with E-state index in [0.29, 0.717) is 0 Å². The van der Waals surface area contributed by atoms with Crippen LogP contribution in [0.2, 0.25) is 5.02 Å². The molecule has 0 aliphatic heterocycles. The zero-order chi connectivity index (χ0) is 12.1. The molecule has 17 heavy (non-hydrogen) atoms. The first-order chi connectivity index (χ1) is 8.29. The predicted octanol–water partition coefficient (Wildman–Crippen LogP) is 3.79. The molecule has 1 heterocycles. The van der Waals surface area contributed by atoms with E-state index in [1.54, 1.807) is 18.4 Å². The molecule has 0 saturated carbocycles. The molecule has 5 heteroatoms. The molecular weight excluding hydrogens is 256 g/mol. The summed E-state index contributed by atoms with van der Waals surface area (Å²) in [6.07, 6.45) is 2.16. The van der Waals surface area contributed by atoms with Crippen LogP contribution < -0.4 is 5.32 Å². The van der Waals surface area contributed by atoms with Gasteiger partial charge in [-0.1, -0.05) is 22.9 Å². The van der Waals surface area contributed by atoms with E-state index in [2.05, 4.69) is 10.3 Å². The number of aromatic nitrogens is 1. The average molecular weight is 271 g/mol. The standard InChI is InChI=1S/C12H15ClN2OS/c1-16-7-3-2-6-14-12-15-10-8-9(13)4-5-11(10)17-12/h4-5,8H,2-3,6-7H2,1H3,(H,14,15). The molecule has 0 spiro atoms. The Kier molecular flexibility index (Phi) is 4.59. The van der Waals surface area contributed by atoms with E-state index in [-0.39, 0.29) is 0 Å². The first kappa shape index (κ1) is 12.6. The van der Waals surface area contributed by atoms with Gasteiger partial charge in [-0.05, 0) is 31.0 Å². The number of methoxy groups -OCH3 is 1. The van der Waals surface area contributed by atoms with Gasteiger partial charge in [0.25, 0.3) is 0 Å². The molecule has 0 bridgehead atoms. The number of nitrogens with one attached hydrogen (secondary N) is 1. The van der Waals surface area contributed by atoms with Crippen LogP contribution >= 0.6 is 22.9 Å². The summed E-state index contributed by atoms with van der Waals surface area (Å²) in [7, 11) is 1.73. The normalized spacial score (nSPS) is 10.9. The smallest absolute Gasteiger partial charge is 0.183 e. The van der Waals surface area contributed by atoms with Gasteiger partial charge >= 0.3 is 0 Å². The Labute approximate surface area is 110 Å². The minimum Gasteiger partial charge on any atom is -0.385 e. The summed E-state index contributed by atoms with van der Waals surface area (Å²) in [6.45, 7) is 1.74. The lowest BCUT2D eigenvalue weighted by Crippen LogP contribution is -2.02. The van der Waals surface area contributed by atoms with Gasteiger partial charge in [0.05, 0.1) is 10.2 Å². The van der Waals surface area contributed by atoms with Crippen LogP contribution in [0.4, 0.5) is 5.13 Å². The third-order valence-corrected chi connectivity index (χ3v) is 3.63. The lowest BCUT2D eigenvalue weighted by molar-refractivity contribution is 0.194. The second-order valence-electron chi connectivity index (χ2n) is 3.76. The number of hydrogen-bond donors (Lipinski definition) is 1. The van der Waals surface area contributed by atoms with E-state index in [9.17, 15) is 0 Å². The molecular formula is C12H15ClN2OS. The van der Waals surface area contributed by atoms with Crippen molar-refractivity contribution < 1.29 is 4.74 Å². The molecule has 2 rings (SSSR count). The lowest BCUT2D eigenvalue weighted by Gasteiger charge is -2.01. The van der Waals surface area contributed by atoms with Crippen LogP contribution in [0.5, 0.6) is 0 Å². The first-order valence-corrected chi connectivity index (χ1v) is 6.78. The van der Waals surface area contributed by atoms with Crippen LogP contribution in [0.3, 0.4) is 0 Å². The molecule has 0 fully saturated rings. The number of rotatable bonds is 6. The maximum atomic E-state index is 5.92. The highest BCUT2D eigenvalue weighted by atomic mass is 35.5. The van der Waals surface area contributed by atoms with Crippen molar-refractivity contribution in [2.75, 3.05) is 25.6 Å². The molecule has 0 amide bonds. The third kappa shape index (κ3) is 3.56. The van der Waals surface area contributed by atoms with Crippen LogP contribution in [-0.2, 0) is 4.74 Å². The number of thiazole rings is 1. The predicted molar refractivity (Wildman–Crippen MR) is 74.2 cm³/mol. The Morgan fingerprint density at radius 2 is 2.29 bits per heavy atom. The Balaban J connectivity index is 1.91.